The Bertz CT molecular complexity index is 362. The monoisotopic (exact) mass is 222 g/mol. The SMILES string of the molecule is C#CCC(C)NC(C)c1nc(C)sc1C. The molecule has 0 aromatic carbocycles. The average Bonchev–Trinajstić information content (AvgIpc) is 2.45. The summed E-state index contributed by atoms with van der Waals surface area (Å²) in [6, 6.07) is 0.615. The average molecular weight is 222 g/mol. The smallest absolute Gasteiger partial charge is 0.0900 e. The fourth-order valence-electron chi connectivity index (χ4n) is 1.69. The van der Waals surface area contributed by atoms with Crippen molar-refractivity contribution < 1.29 is 0 Å². The van der Waals surface area contributed by atoms with Crippen LogP contribution in [0.4, 0.5) is 0 Å². The molecule has 0 bridgehead atoms. The Morgan fingerprint density at radius 2 is 2.13 bits per heavy atom. The van der Waals surface area contributed by atoms with E-state index >= 15 is 0 Å². The molecule has 2 nitrogen and oxygen atoms in total. The van der Waals surface area contributed by atoms with Crippen molar-refractivity contribution in [1.29, 1.82) is 0 Å². The molecule has 0 saturated heterocycles. The van der Waals surface area contributed by atoms with Crippen LogP contribution < -0.4 is 5.32 Å². The van der Waals surface area contributed by atoms with Crippen molar-refractivity contribution in [3.05, 3.63) is 15.6 Å². The van der Waals surface area contributed by atoms with Gasteiger partial charge in [0.05, 0.1) is 10.7 Å². The zero-order chi connectivity index (χ0) is 11.4. The van der Waals surface area contributed by atoms with E-state index in [1.165, 1.54) is 4.88 Å². The quantitative estimate of drug-likeness (QED) is 0.792. The highest BCUT2D eigenvalue weighted by Crippen LogP contribution is 2.22. The third-order valence-corrected chi connectivity index (χ3v) is 3.21. The Kier molecular flexibility index (Phi) is 4.31. The highest BCUT2D eigenvalue weighted by molar-refractivity contribution is 7.11. The first-order valence-corrected chi connectivity index (χ1v) is 5.99. The molecule has 82 valence electrons. The molecule has 0 aliphatic heterocycles. The number of hydrogen-bond acceptors (Lipinski definition) is 3. The fourth-order valence-corrected chi connectivity index (χ4v) is 2.60. The Labute approximate surface area is 96.1 Å². The molecule has 1 aromatic heterocycles. The van der Waals surface area contributed by atoms with Crippen LogP contribution in [0.2, 0.25) is 0 Å². The summed E-state index contributed by atoms with van der Waals surface area (Å²) in [5.74, 6) is 2.66. The maximum Gasteiger partial charge on any atom is 0.0900 e. The lowest BCUT2D eigenvalue weighted by molar-refractivity contribution is 0.478. The van der Waals surface area contributed by atoms with Gasteiger partial charge in [-0.25, -0.2) is 4.98 Å². The Morgan fingerprint density at radius 1 is 1.47 bits per heavy atom. The first-order chi connectivity index (χ1) is 7.04. The lowest BCUT2D eigenvalue weighted by Crippen LogP contribution is -2.29. The molecular formula is C12H18N2S. The van der Waals surface area contributed by atoms with Crippen LogP contribution in [0.1, 0.15) is 41.9 Å². The summed E-state index contributed by atoms with van der Waals surface area (Å²) in [5.41, 5.74) is 1.15. The maximum atomic E-state index is 5.27. The third kappa shape index (κ3) is 3.33. The molecule has 1 rings (SSSR count). The minimum atomic E-state index is 0.276. The number of nitrogens with one attached hydrogen (secondary N) is 1. The van der Waals surface area contributed by atoms with Crippen molar-refractivity contribution in [3.63, 3.8) is 0 Å². The normalized spacial score (nSPS) is 14.6. The third-order valence-electron chi connectivity index (χ3n) is 2.31. The van der Waals surface area contributed by atoms with Gasteiger partial charge in [0.15, 0.2) is 0 Å². The van der Waals surface area contributed by atoms with Gasteiger partial charge in [0.25, 0.3) is 0 Å². The Hall–Kier alpha value is -0.850. The van der Waals surface area contributed by atoms with E-state index in [4.69, 9.17) is 6.42 Å². The first kappa shape index (κ1) is 12.2. The standard InChI is InChI=1S/C12H18N2S/c1-6-7-8(2)13-9(3)12-10(4)15-11(5)14-12/h1,8-9,13H,7H2,2-5H3. The summed E-state index contributed by atoms with van der Waals surface area (Å²) < 4.78 is 0. The minimum Gasteiger partial charge on any atom is -0.305 e. The molecule has 0 saturated carbocycles. The molecule has 15 heavy (non-hydrogen) atoms. The van der Waals surface area contributed by atoms with Crippen molar-refractivity contribution in [2.24, 2.45) is 0 Å². The van der Waals surface area contributed by atoms with Gasteiger partial charge < -0.3 is 5.32 Å². The van der Waals surface area contributed by atoms with Crippen molar-refractivity contribution in [3.8, 4) is 12.3 Å². The molecular weight excluding hydrogens is 204 g/mol. The van der Waals surface area contributed by atoms with Gasteiger partial charge in [-0.3, -0.25) is 0 Å². The molecule has 0 spiro atoms. The summed E-state index contributed by atoms with van der Waals surface area (Å²) in [6.45, 7) is 8.39. The fraction of sp³-hybridized carbons (Fsp3) is 0.583. The number of thiazole rings is 1. The number of aromatic nitrogens is 1. The zero-order valence-corrected chi connectivity index (χ0v) is 10.6. The maximum absolute atomic E-state index is 5.27. The molecule has 1 heterocycles. The van der Waals surface area contributed by atoms with Crippen LogP contribution in [0, 0.1) is 26.2 Å². The molecule has 0 fully saturated rings. The number of aryl methyl sites for hydroxylation is 2. The van der Waals surface area contributed by atoms with Gasteiger partial charge in [-0.1, -0.05) is 0 Å². The number of hydrogen-bond donors (Lipinski definition) is 1. The van der Waals surface area contributed by atoms with Crippen LogP contribution in [0.15, 0.2) is 0 Å². The minimum absolute atomic E-state index is 0.276. The summed E-state index contributed by atoms with van der Waals surface area (Å²) in [4.78, 5) is 5.82. The highest BCUT2D eigenvalue weighted by Gasteiger charge is 2.14. The molecule has 0 aliphatic carbocycles. The van der Waals surface area contributed by atoms with Gasteiger partial charge in [-0.05, 0) is 27.7 Å². The van der Waals surface area contributed by atoms with Crippen molar-refractivity contribution in [1.82, 2.24) is 10.3 Å². The highest BCUT2D eigenvalue weighted by atomic mass is 32.1. The second-order valence-electron chi connectivity index (χ2n) is 3.87. The lowest BCUT2D eigenvalue weighted by atomic mass is 10.1. The van der Waals surface area contributed by atoms with E-state index in [2.05, 4.69) is 37.0 Å². The van der Waals surface area contributed by atoms with E-state index in [0.29, 0.717) is 6.04 Å². The van der Waals surface area contributed by atoms with Gasteiger partial charge in [0.2, 0.25) is 0 Å². The number of nitrogens with zero attached hydrogens (tertiary/aromatic N) is 1. The predicted molar refractivity (Wildman–Crippen MR) is 66.1 cm³/mol. The number of terminal acetylenes is 1. The lowest BCUT2D eigenvalue weighted by Gasteiger charge is -2.17. The topological polar surface area (TPSA) is 24.9 Å². The van der Waals surface area contributed by atoms with Crippen LogP contribution in [0.3, 0.4) is 0 Å². The molecule has 2 atom stereocenters. The van der Waals surface area contributed by atoms with E-state index in [9.17, 15) is 0 Å². The second kappa shape index (κ2) is 5.29. The summed E-state index contributed by atoms with van der Waals surface area (Å²) in [5, 5.41) is 4.58. The van der Waals surface area contributed by atoms with E-state index in [1.54, 1.807) is 11.3 Å². The van der Waals surface area contributed by atoms with Crippen LogP contribution in [-0.2, 0) is 0 Å². The molecule has 1 N–H and O–H groups in total. The number of rotatable bonds is 4. The predicted octanol–water partition coefficient (Wildman–Crippen LogP) is 2.82. The Balaban J connectivity index is 2.65. The van der Waals surface area contributed by atoms with Gasteiger partial charge in [0.1, 0.15) is 0 Å². The molecule has 0 aliphatic rings. The molecule has 2 unspecified atom stereocenters. The van der Waals surface area contributed by atoms with Gasteiger partial charge in [-0.15, -0.1) is 23.7 Å². The van der Waals surface area contributed by atoms with Crippen LogP contribution in [0.5, 0.6) is 0 Å². The summed E-state index contributed by atoms with van der Waals surface area (Å²) in [7, 11) is 0. The second-order valence-corrected chi connectivity index (χ2v) is 5.28. The van der Waals surface area contributed by atoms with Crippen molar-refractivity contribution >= 4 is 11.3 Å². The van der Waals surface area contributed by atoms with Gasteiger partial charge in [-0.2, -0.15) is 0 Å². The summed E-state index contributed by atoms with van der Waals surface area (Å²) >= 11 is 1.75. The Morgan fingerprint density at radius 3 is 2.60 bits per heavy atom. The van der Waals surface area contributed by atoms with Crippen LogP contribution >= 0.6 is 11.3 Å². The first-order valence-electron chi connectivity index (χ1n) is 5.18. The largest absolute Gasteiger partial charge is 0.305 e. The molecule has 0 radical (unpaired) electrons. The van der Waals surface area contributed by atoms with E-state index in [0.717, 1.165) is 17.1 Å². The van der Waals surface area contributed by atoms with Crippen molar-refractivity contribution in [2.75, 3.05) is 0 Å². The molecule has 0 amide bonds. The van der Waals surface area contributed by atoms with E-state index < -0.39 is 0 Å². The van der Waals surface area contributed by atoms with Gasteiger partial charge >= 0.3 is 0 Å². The van der Waals surface area contributed by atoms with Gasteiger partial charge in [0, 0.05) is 23.4 Å². The molecule has 3 heteroatoms. The van der Waals surface area contributed by atoms with E-state index in [-0.39, 0.29) is 6.04 Å². The zero-order valence-electron chi connectivity index (χ0n) is 9.79. The van der Waals surface area contributed by atoms with E-state index in [1.807, 2.05) is 6.92 Å². The summed E-state index contributed by atoms with van der Waals surface area (Å²) in [6.07, 6.45) is 6.03. The van der Waals surface area contributed by atoms with Crippen molar-refractivity contribution in [2.45, 2.75) is 46.2 Å². The molecule has 1 aromatic rings. The van der Waals surface area contributed by atoms with Crippen LogP contribution in [0.25, 0.3) is 0 Å². The van der Waals surface area contributed by atoms with Crippen LogP contribution in [-0.4, -0.2) is 11.0 Å².